The quantitative estimate of drug-likeness (QED) is 0.507. The van der Waals surface area contributed by atoms with Crippen LogP contribution in [0, 0.1) is 5.92 Å². The molecule has 2 rings (SSSR count). The Morgan fingerprint density at radius 3 is 3.00 bits per heavy atom. The maximum Gasteiger partial charge on any atom is -0.0163 e. The molecule has 0 heteroatoms. The second-order valence-electron chi connectivity index (χ2n) is 3.81. The van der Waals surface area contributed by atoms with Gasteiger partial charge < -0.3 is 0 Å². The maximum atomic E-state index is 2.35. The molecule has 0 radical (unpaired) electrons. The van der Waals surface area contributed by atoms with Gasteiger partial charge in [-0.3, -0.25) is 0 Å². The molecule has 0 saturated carbocycles. The summed E-state index contributed by atoms with van der Waals surface area (Å²) in [5, 5.41) is 0. The maximum absolute atomic E-state index is 2.35. The predicted octanol–water partition coefficient (Wildman–Crippen LogP) is 3.62. The second-order valence-corrected chi connectivity index (χ2v) is 3.81. The molecule has 12 heavy (non-hydrogen) atoms. The Bertz CT molecular complexity index is 253. The average molecular weight is 160 g/mol. The van der Waals surface area contributed by atoms with E-state index in [9.17, 15) is 0 Å². The molecule has 0 spiro atoms. The fourth-order valence-corrected chi connectivity index (χ4v) is 2.15. The van der Waals surface area contributed by atoms with Gasteiger partial charge in [0.25, 0.3) is 0 Å². The zero-order valence-electron chi connectivity index (χ0n) is 7.72. The first kappa shape index (κ1) is 7.85. The zero-order valence-corrected chi connectivity index (χ0v) is 7.72. The van der Waals surface area contributed by atoms with Gasteiger partial charge in [-0.25, -0.2) is 0 Å². The molecule has 0 aliphatic heterocycles. The highest BCUT2D eigenvalue weighted by Gasteiger charge is 2.16. The Kier molecular flexibility index (Phi) is 2.16. The highest BCUT2D eigenvalue weighted by molar-refractivity contribution is 5.38. The third-order valence-corrected chi connectivity index (χ3v) is 2.87. The average Bonchev–Trinajstić information content (AvgIpc) is 2.30. The summed E-state index contributed by atoms with van der Waals surface area (Å²) in [6.45, 7) is 2.35. The van der Waals surface area contributed by atoms with Gasteiger partial charge in [0.1, 0.15) is 0 Å². The Balaban J connectivity index is 2.36. The van der Waals surface area contributed by atoms with Crippen LogP contribution >= 0.6 is 0 Å². The standard InChI is InChI=1S/C12H16/c1-10-6-5-8-11-7-3-2-4-9-12(10)11/h3-4,7,9-10H,2,5-6,8H2,1H3/t10-/m1/s1. The van der Waals surface area contributed by atoms with Crippen molar-refractivity contribution in [3.63, 3.8) is 0 Å². The minimum atomic E-state index is 0.785. The largest absolute Gasteiger partial charge is 0.0805 e. The van der Waals surface area contributed by atoms with E-state index in [1.807, 2.05) is 0 Å². The van der Waals surface area contributed by atoms with Gasteiger partial charge in [-0.15, -0.1) is 0 Å². The van der Waals surface area contributed by atoms with Crippen LogP contribution in [0.2, 0.25) is 0 Å². The van der Waals surface area contributed by atoms with Gasteiger partial charge in [0.2, 0.25) is 0 Å². The summed E-state index contributed by atoms with van der Waals surface area (Å²) >= 11 is 0. The van der Waals surface area contributed by atoms with Crippen LogP contribution in [-0.2, 0) is 0 Å². The van der Waals surface area contributed by atoms with Crippen molar-refractivity contribution in [1.29, 1.82) is 0 Å². The summed E-state index contributed by atoms with van der Waals surface area (Å²) < 4.78 is 0. The first-order valence-electron chi connectivity index (χ1n) is 4.94. The van der Waals surface area contributed by atoms with Gasteiger partial charge in [-0.1, -0.05) is 31.2 Å². The van der Waals surface area contributed by atoms with Gasteiger partial charge in [-0.2, -0.15) is 0 Å². The van der Waals surface area contributed by atoms with Crippen molar-refractivity contribution in [2.24, 2.45) is 5.92 Å². The Hall–Kier alpha value is -0.780. The van der Waals surface area contributed by atoms with Gasteiger partial charge in [-0.05, 0) is 42.7 Å². The molecule has 0 aromatic carbocycles. The van der Waals surface area contributed by atoms with Crippen LogP contribution in [0.5, 0.6) is 0 Å². The first-order chi connectivity index (χ1) is 5.88. The molecule has 64 valence electrons. The summed E-state index contributed by atoms with van der Waals surface area (Å²) in [4.78, 5) is 0. The molecule has 0 aromatic rings. The molecule has 0 heterocycles. The van der Waals surface area contributed by atoms with Crippen LogP contribution in [0.4, 0.5) is 0 Å². The highest BCUT2D eigenvalue weighted by atomic mass is 14.2. The fraction of sp³-hybridized carbons (Fsp3) is 0.500. The van der Waals surface area contributed by atoms with Crippen molar-refractivity contribution in [2.75, 3.05) is 0 Å². The van der Waals surface area contributed by atoms with E-state index in [2.05, 4.69) is 31.2 Å². The molecule has 0 unspecified atom stereocenters. The van der Waals surface area contributed by atoms with E-state index >= 15 is 0 Å². The van der Waals surface area contributed by atoms with Crippen molar-refractivity contribution >= 4 is 0 Å². The van der Waals surface area contributed by atoms with Crippen molar-refractivity contribution in [1.82, 2.24) is 0 Å². The van der Waals surface area contributed by atoms with Crippen molar-refractivity contribution in [2.45, 2.75) is 32.6 Å². The number of allylic oxidation sites excluding steroid dienone is 6. The summed E-state index contributed by atoms with van der Waals surface area (Å²) in [7, 11) is 0. The number of hydrogen-bond donors (Lipinski definition) is 0. The topological polar surface area (TPSA) is 0 Å². The molecule has 2 aliphatic rings. The van der Waals surface area contributed by atoms with E-state index in [1.54, 1.807) is 11.1 Å². The molecule has 1 atom stereocenters. The fourth-order valence-electron chi connectivity index (χ4n) is 2.15. The van der Waals surface area contributed by atoms with Crippen LogP contribution in [0.25, 0.3) is 0 Å². The monoisotopic (exact) mass is 160 g/mol. The molecule has 0 saturated heterocycles. The number of rotatable bonds is 0. The van der Waals surface area contributed by atoms with E-state index in [1.165, 1.54) is 19.3 Å². The Morgan fingerprint density at radius 2 is 2.08 bits per heavy atom. The predicted molar refractivity (Wildman–Crippen MR) is 52.9 cm³/mol. The zero-order chi connectivity index (χ0) is 8.39. The molecular formula is C12H16. The molecule has 0 N–H and O–H groups in total. The van der Waals surface area contributed by atoms with Crippen molar-refractivity contribution in [3.05, 3.63) is 35.5 Å². The Labute approximate surface area is 74.7 Å². The molecular weight excluding hydrogens is 144 g/mol. The summed E-state index contributed by atoms with van der Waals surface area (Å²) in [5.74, 6) is 0.785. The van der Waals surface area contributed by atoms with Gasteiger partial charge in [0.05, 0.1) is 0 Å². The molecule has 0 amide bonds. The van der Waals surface area contributed by atoms with Crippen molar-refractivity contribution in [3.8, 4) is 0 Å². The lowest BCUT2D eigenvalue weighted by molar-refractivity contribution is 0.552. The molecule has 0 fully saturated rings. The third kappa shape index (κ3) is 1.38. The van der Waals surface area contributed by atoms with Gasteiger partial charge in [0.15, 0.2) is 0 Å². The smallest absolute Gasteiger partial charge is 0.0163 e. The van der Waals surface area contributed by atoms with Crippen molar-refractivity contribution < 1.29 is 0 Å². The highest BCUT2D eigenvalue weighted by Crippen LogP contribution is 2.32. The lowest BCUT2D eigenvalue weighted by Gasteiger charge is -2.21. The minimum absolute atomic E-state index is 0.785. The second kappa shape index (κ2) is 3.30. The van der Waals surface area contributed by atoms with Crippen LogP contribution in [0.1, 0.15) is 32.6 Å². The summed E-state index contributed by atoms with van der Waals surface area (Å²) in [5.41, 5.74) is 3.18. The van der Waals surface area contributed by atoms with E-state index in [0.29, 0.717) is 0 Å². The SMILES string of the molecule is C[C@@H]1CCCC2=C1C=CCC=C2. The first-order valence-corrected chi connectivity index (χ1v) is 4.94. The van der Waals surface area contributed by atoms with Gasteiger partial charge in [0, 0.05) is 0 Å². The van der Waals surface area contributed by atoms with E-state index in [0.717, 1.165) is 12.3 Å². The van der Waals surface area contributed by atoms with Crippen LogP contribution < -0.4 is 0 Å². The minimum Gasteiger partial charge on any atom is -0.0805 e. The molecule has 0 bridgehead atoms. The summed E-state index contributed by atoms with van der Waals surface area (Å²) in [6, 6.07) is 0. The Morgan fingerprint density at radius 1 is 1.25 bits per heavy atom. The lowest BCUT2D eigenvalue weighted by Crippen LogP contribution is -2.06. The summed E-state index contributed by atoms with van der Waals surface area (Å²) in [6.07, 6.45) is 14.4. The van der Waals surface area contributed by atoms with Crippen LogP contribution in [0.3, 0.4) is 0 Å². The van der Waals surface area contributed by atoms with E-state index in [4.69, 9.17) is 0 Å². The van der Waals surface area contributed by atoms with E-state index in [-0.39, 0.29) is 0 Å². The van der Waals surface area contributed by atoms with Crippen LogP contribution in [-0.4, -0.2) is 0 Å². The van der Waals surface area contributed by atoms with E-state index < -0.39 is 0 Å². The van der Waals surface area contributed by atoms with Crippen LogP contribution in [0.15, 0.2) is 35.5 Å². The lowest BCUT2D eigenvalue weighted by atomic mass is 9.84. The number of hydrogen-bond acceptors (Lipinski definition) is 0. The molecule has 0 aromatic heterocycles. The van der Waals surface area contributed by atoms with Gasteiger partial charge >= 0.3 is 0 Å². The molecule has 2 aliphatic carbocycles. The molecule has 0 nitrogen and oxygen atoms in total. The third-order valence-electron chi connectivity index (χ3n) is 2.87. The normalized spacial score (nSPS) is 28.6.